The van der Waals surface area contributed by atoms with Crippen LogP contribution in [-0.2, 0) is 15.1 Å². The van der Waals surface area contributed by atoms with Gasteiger partial charge in [0, 0.05) is 18.4 Å². The Morgan fingerprint density at radius 2 is 1.74 bits per heavy atom. The summed E-state index contributed by atoms with van der Waals surface area (Å²) in [6.07, 6.45) is 5.40. The van der Waals surface area contributed by atoms with Crippen LogP contribution in [0.15, 0.2) is 24.3 Å². The van der Waals surface area contributed by atoms with E-state index in [1.165, 1.54) is 37.7 Å². The molecular formula is C21H29N3O7. The lowest BCUT2D eigenvalue weighted by Gasteiger charge is -2.61. The highest BCUT2D eigenvalue weighted by molar-refractivity contribution is 5.37. The minimum absolute atomic E-state index is 0.0103. The second kappa shape index (κ2) is 8.86. The van der Waals surface area contributed by atoms with Crippen LogP contribution in [0, 0.1) is 43.9 Å². The lowest BCUT2D eigenvalue weighted by molar-refractivity contribution is -0.790. The highest BCUT2D eigenvalue weighted by Gasteiger charge is 2.57. The van der Waals surface area contributed by atoms with Crippen molar-refractivity contribution < 1.29 is 24.6 Å². The van der Waals surface area contributed by atoms with Gasteiger partial charge in [-0.25, -0.2) is 0 Å². The van der Waals surface area contributed by atoms with Crippen molar-refractivity contribution >= 4 is 0 Å². The maximum Gasteiger partial charge on any atom is 0.294 e. The first-order chi connectivity index (χ1) is 14.9. The third-order valence-electron chi connectivity index (χ3n) is 7.61. The van der Waals surface area contributed by atoms with E-state index in [0.29, 0.717) is 24.1 Å². The molecule has 2 N–H and O–H groups in total. The van der Waals surface area contributed by atoms with E-state index in [2.05, 4.69) is 15.7 Å². The molecular weight excluding hydrogens is 406 g/mol. The second-order valence-electron chi connectivity index (χ2n) is 9.18. The summed E-state index contributed by atoms with van der Waals surface area (Å²) in [4.78, 5) is 29.6. The van der Waals surface area contributed by atoms with Crippen LogP contribution in [0.3, 0.4) is 0 Å². The van der Waals surface area contributed by atoms with Crippen molar-refractivity contribution in [1.29, 1.82) is 0 Å². The van der Waals surface area contributed by atoms with Crippen molar-refractivity contribution in [3.05, 3.63) is 50.1 Å². The van der Waals surface area contributed by atoms with Gasteiger partial charge in [-0.2, -0.15) is 0 Å². The van der Waals surface area contributed by atoms with E-state index in [9.17, 15) is 20.2 Å². The fourth-order valence-corrected chi connectivity index (χ4v) is 6.56. The molecule has 0 heterocycles. The number of hydrogen-bond donors (Lipinski definition) is 1. The predicted octanol–water partition coefficient (Wildman–Crippen LogP) is 2.89. The van der Waals surface area contributed by atoms with Crippen molar-refractivity contribution in [3.63, 3.8) is 0 Å². The maximum absolute atomic E-state index is 10.6. The van der Waals surface area contributed by atoms with Crippen LogP contribution in [0.4, 0.5) is 0 Å². The number of ether oxygens (including phenoxy) is 1. The highest BCUT2D eigenvalue weighted by Crippen LogP contribution is 2.62. The van der Waals surface area contributed by atoms with Crippen LogP contribution in [0.1, 0.15) is 44.1 Å². The van der Waals surface area contributed by atoms with Gasteiger partial charge in [-0.15, -0.1) is 20.2 Å². The normalized spacial score (nSPS) is 31.8. The third kappa shape index (κ3) is 4.39. The molecule has 1 aromatic carbocycles. The van der Waals surface area contributed by atoms with Gasteiger partial charge in [0.15, 0.2) is 0 Å². The molecule has 0 aromatic heterocycles. The van der Waals surface area contributed by atoms with Gasteiger partial charge in [-0.3, -0.25) is 0 Å². The summed E-state index contributed by atoms with van der Waals surface area (Å²) >= 11 is 0. The fourth-order valence-electron chi connectivity index (χ4n) is 6.56. The van der Waals surface area contributed by atoms with Crippen molar-refractivity contribution in [2.24, 2.45) is 29.4 Å². The Morgan fingerprint density at radius 3 is 2.32 bits per heavy atom. The fraction of sp³-hybridized carbons (Fsp3) is 0.714. The smallest absolute Gasteiger partial charge is 0.294 e. The van der Waals surface area contributed by atoms with E-state index in [4.69, 9.17) is 10.5 Å². The lowest BCUT2D eigenvalue weighted by atomic mass is 9.44. The Balaban J connectivity index is 1.42. The van der Waals surface area contributed by atoms with E-state index >= 15 is 0 Å². The van der Waals surface area contributed by atoms with E-state index in [1.807, 2.05) is 18.2 Å². The molecule has 10 nitrogen and oxygen atoms in total. The Morgan fingerprint density at radius 1 is 1.06 bits per heavy atom. The van der Waals surface area contributed by atoms with E-state index in [0.717, 1.165) is 11.8 Å². The van der Waals surface area contributed by atoms with E-state index in [1.54, 1.807) is 0 Å². The zero-order valence-electron chi connectivity index (χ0n) is 17.4. The zero-order chi connectivity index (χ0) is 22.0. The molecule has 0 amide bonds. The van der Waals surface area contributed by atoms with Gasteiger partial charge in [0.05, 0.1) is 6.61 Å². The average molecular weight is 435 g/mol. The van der Waals surface area contributed by atoms with E-state index in [-0.39, 0.29) is 18.4 Å². The molecule has 4 aliphatic carbocycles. The number of nitrogens with zero attached hydrogens (tertiary/aromatic N) is 2. The first kappa shape index (κ1) is 21.6. The minimum Gasteiger partial charge on any atom is -0.494 e. The molecule has 31 heavy (non-hydrogen) atoms. The van der Waals surface area contributed by atoms with Gasteiger partial charge in [0.1, 0.15) is 18.5 Å². The maximum atomic E-state index is 10.6. The Labute approximate surface area is 180 Å². The molecule has 1 atom stereocenters. The van der Waals surface area contributed by atoms with Gasteiger partial charge in [-0.1, -0.05) is 12.1 Å². The van der Waals surface area contributed by atoms with E-state index < -0.39 is 22.9 Å². The first-order valence-corrected chi connectivity index (χ1v) is 10.9. The molecule has 1 unspecified atom stereocenters. The average Bonchev–Trinajstić information content (AvgIpc) is 2.72. The predicted molar refractivity (Wildman–Crippen MR) is 109 cm³/mol. The molecule has 4 saturated carbocycles. The minimum atomic E-state index is -1.08. The molecule has 0 radical (unpaired) electrons. The van der Waals surface area contributed by atoms with Crippen molar-refractivity contribution in [2.45, 2.75) is 50.0 Å². The Bertz CT molecular complexity index is 790. The molecule has 0 spiro atoms. The standard InChI is InChI=1S/C21H29N3O7/c22-13-21(17-7-14-6-15(9-17)10-18(21)8-14)16-2-1-3-19(11-16)29-5-4-20(31-24(27)28)12-30-23(25)26/h1-3,11,14-15,17-18,20H,4-10,12-13,22H2. The Hall–Kier alpha value is -2.62. The number of hydrogen-bond acceptors (Lipinski definition) is 8. The highest BCUT2D eigenvalue weighted by atomic mass is 17.0. The SMILES string of the molecule is NCC1(c2cccc(OCCC(CO[N+](=O)[O-])O[N+](=O)[O-])c2)C2CC3CC(C2)CC1C3. The number of nitrogens with two attached hydrogens (primary N) is 1. The Kier molecular flexibility index (Phi) is 6.17. The van der Waals surface area contributed by atoms with Gasteiger partial charge < -0.3 is 20.1 Å². The van der Waals surface area contributed by atoms with Crippen molar-refractivity contribution in [1.82, 2.24) is 0 Å². The van der Waals surface area contributed by atoms with Crippen LogP contribution in [0.5, 0.6) is 5.75 Å². The summed E-state index contributed by atoms with van der Waals surface area (Å²) < 4.78 is 5.83. The van der Waals surface area contributed by atoms with Gasteiger partial charge in [0.25, 0.3) is 10.2 Å². The monoisotopic (exact) mass is 435 g/mol. The van der Waals surface area contributed by atoms with Crippen LogP contribution in [0.25, 0.3) is 0 Å². The van der Waals surface area contributed by atoms with Gasteiger partial charge >= 0.3 is 0 Å². The second-order valence-corrected chi connectivity index (χ2v) is 9.18. The molecule has 170 valence electrons. The van der Waals surface area contributed by atoms with Gasteiger partial charge in [0.2, 0.25) is 0 Å². The summed E-state index contributed by atoms with van der Waals surface area (Å²) in [5.74, 6) is 3.58. The molecule has 4 fully saturated rings. The molecule has 4 bridgehead atoms. The van der Waals surface area contributed by atoms with Crippen molar-refractivity contribution in [3.8, 4) is 5.75 Å². The lowest BCUT2D eigenvalue weighted by Crippen LogP contribution is -2.58. The van der Waals surface area contributed by atoms with Gasteiger partial charge in [-0.05, 0) is 73.5 Å². The topological polar surface area (TPSA) is 140 Å². The largest absolute Gasteiger partial charge is 0.494 e. The first-order valence-electron chi connectivity index (χ1n) is 10.9. The van der Waals surface area contributed by atoms with Crippen molar-refractivity contribution in [2.75, 3.05) is 19.8 Å². The zero-order valence-corrected chi connectivity index (χ0v) is 17.4. The van der Waals surface area contributed by atoms with Crippen LogP contribution in [0.2, 0.25) is 0 Å². The summed E-state index contributed by atoms with van der Waals surface area (Å²) in [6, 6.07) is 8.01. The summed E-state index contributed by atoms with van der Waals surface area (Å²) in [5.41, 5.74) is 7.63. The quantitative estimate of drug-likeness (QED) is 0.413. The summed E-state index contributed by atoms with van der Waals surface area (Å²) in [6.45, 7) is 0.206. The van der Waals surface area contributed by atoms with Crippen LogP contribution >= 0.6 is 0 Å². The molecule has 4 aliphatic rings. The van der Waals surface area contributed by atoms with Crippen LogP contribution < -0.4 is 10.5 Å². The molecule has 5 rings (SSSR count). The summed E-state index contributed by atoms with van der Waals surface area (Å²) in [5, 5.41) is 19.0. The summed E-state index contributed by atoms with van der Waals surface area (Å²) in [7, 11) is 0. The molecule has 0 aliphatic heterocycles. The third-order valence-corrected chi connectivity index (χ3v) is 7.61. The molecule has 1 aromatic rings. The molecule has 10 heteroatoms. The molecule has 0 saturated heterocycles. The van der Waals surface area contributed by atoms with Crippen LogP contribution in [-0.4, -0.2) is 36.0 Å². The number of benzene rings is 1. The number of rotatable bonds is 11.